The molecular formula is C39H35ClF8N10O5S. The molecule has 0 spiro atoms. The minimum atomic E-state index is -4.98. The number of sulfonamides is 1. The predicted molar refractivity (Wildman–Crippen MR) is 216 cm³/mol. The molecule has 25 heteroatoms. The fourth-order valence-corrected chi connectivity index (χ4v) is 8.37. The zero-order valence-corrected chi connectivity index (χ0v) is 35.0. The van der Waals surface area contributed by atoms with Crippen LogP contribution >= 0.6 is 11.6 Å². The van der Waals surface area contributed by atoms with Crippen LogP contribution in [-0.2, 0) is 39.1 Å². The summed E-state index contributed by atoms with van der Waals surface area (Å²) in [6.07, 6.45) is -9.28. The Hall–Kier alpha value is -5.88. The number of pyridine rings is 1. The summed E-state index contributed by atoms with van der Waals surface area (Å²) in [4.78, 5) is 39.3. The highest BCUT2D eigenvalue weighted by atomic mass is 35.5. The van der Waals surface area contributed by atoms with E-state index in [1.54, 1.807) is 12.3 Å². The second-order valence-electron chi connectivity index (χ2n) is 15.6. The molecule has 4 aromatic heterocycles. The molecule has 2 fully saturated rings. The number of hydrogen-bond donors (Lipinski definition) is 2. The van der Waals surface area contributed by atoms with Crippen molar-refractivity contribution in [1.29, 1.82) is 0 Å². The van der Waals surface area contributed by atoms with E-state index < -0.39 is 118 Å². The monoisotopic (exact) mass is 942 g/mol. The van der Waals surface area contributed by atoms with Crippen molar-refractivity contribution in [3.05, 3.63) is 98.8 Å². The van der Waals surface area contributed by atoms with Gasteiger partial charge in [0.2, 0.25) is 15.9 Å². The lowest BCUT2D eigenvalue weighted by molar-refractivity contribution is -0.233. The van der Waals surface area contributed by atoms with Gasteiger partial charge >= 0.3 is 12.4 Å². The summed E-state index contributed by atoms with van der Waals surface area (Å²) in [7, 11) is -4.21. The molecule has 64 heavy (non-hydrogen) atoms. The number of rotatable bonds is 12. The zero-order chi connectivity index (χ0) is 46.0. The summed E-state index contributed by atoms with van der Waals surface area (Å²) in [5.41, 5.74) is -1.72. The van der Waals surface area contributed by atoms with Gasteiger partial charge in [0.1, 0.15) is 36.4 Å². The van der Waals surface area contributed by atoms with E-state index in [-0.39, 0.29) is 39.6 Å². The van der Waals surface area contributed by atoms with E-state index in [0.29, 0.717) is 10.7 Å². The number of morpholine rings is 1. The van der Waals surface area contributed by atoms with Gasteiger partial charge in [-0.15, -0.1) is 0 Å². The van der Waals surface area contributed by atoms with Gasteiger partial charge in [0, 0.05) is 31.1 Å². The van der Waals surface area contributed by atoms with Crippen molar-refractivity contribution in [3.63, 3.8) is 0 Å². The highest BCUT2D eigenvalue weighted by Crippen LogP contribution is 2.39. The molecule has 5 heterocycles. The van der Waals surface area contributed by atoms with Crippen LogP contribution in [0.2, 0.25) is 5.02 Å². The molecule has 1 aliphatic heterocycles. The second kappa shape index (κ2) is 16.6. The Morgan fingerprint density at radius 2 is 1.70 bits per heavy atom. The summed E-state index contributed by atoms with van der Waals surface area (Å²) in [5.74, 6) is -3.76. The van der Waals surface area contributed by atoms with E-state index in [4.69, 9.17) is 16.3 Å². The molecule has 15 nitrogen and oxygen atoms in total. The van der Waals surface area contributed by atoms with E-state index in [1.807, 2.05) is 4.72 Å². The Kier molecular flexibility index (Phi) is 11.6. The zero-order valence-electron chi connectivity index (χ0n) is 33.4. The van der Waals surface area contributed by atoms with Gasteiger partial charge < -0.3 is 15.0 Å². The number of halogens is 9. The summed E-state index contributed by atoms with van der Waals surface area (Å²) in [5, 5.41) is 10.0. The maximum atomic E-state index is 15.0. The van der Waals surface area contributed by atoms with E-state index >= 15 is 4.79 Å². The Balaban J connectivity index is 1.37. The van der Waals surface area contributed by atoms with Crippen LogP contribution in [0, 0.1) is 11.6 Å². The maximum Gasteiger partial charge on any atom is 0.416 e. The number of ether oxygens (including phenoxy) is 1. The fraction of sp³-hybridized carbons (Fsp3) is 0.385. The average molecular weight is 943 g/mol. The van der Waals surface area contributed by atoms with Crippen LogP contribution < -0.4 is 20.5 Å². The van der Waals surface area contributed by atoms with Crippen LogP contribution in [-0.4, -0.2) is 92.3 Å². The van der Waals surface area contributed by atoms with Crippen LogP contribution in [0.15, 0.2) is 59.5 Å². The van der Waals surface area contributed by atoms with Crippen molar-refractivity contribution in [3.8, 4) is 5.69 Å². The van der Waals surface area contributed by atoms with E-state index in [9.17, 15) is 48.3 Å². The molecule has 3 atom stereocenters. The first-order chi connectivity index (χ1) is 30.0. The number of hydrogen-bond acceptors (Lipinski definition) is 10. The Morgan fingerprint density at radius 3 is 2.36 bits per heavy atom. The average Bonchev–Trinajstić information content (AvgIpc) is 3.83. The summed E-state index contributed by atoms with van der Waals surface area (Å²) < 4.78 is 148. The number of fused-ring (bicyclic) bond motifs is 2. The van der Waals surface area contributed by atoms with Gasteiger partial charge in [-0.2, -0.15) is 36.5 Å². The quantitative estimate of drug-likeness (QED) is 0.132. The maximum absolute atomic E-state index is 15.0. The number of carbonyl (C=O) groups is 1. The predicted octanol–water partition coefficient (Wildman–Crippen LogP) is 6.33. The number of aromatic nitrogens is 7. The van der Waals surface area contributed by atoms with Crippen molar-refractivity contribution < 1.29 is 53.1 Å². The summed E-state index contributed by atoms with van der Waals surface area (Å²) in [6, 6.07) is 7.34. The highest BCUT2D eigenvalue weighted by molar-refractivity contribution is 7.92. The number of nitrogens with one attached hydrogen (secondary N) is 2. The third-order valence-electron chi connectivity index (χ3n) is 10.3. The first-order valence-electron chi connectivity index (χ1n) is 19.4. The van der Waals surface area contributed by atoms with E-state index in [1.165, 1.54) is 28.6 Å². The Labute approximate surface area is 362 Å². The van der Waals surface area contributed by atoms with Gasteiger partial charge in [0.15, 0.2) is 17.6 Å². The van der Waals surface area contributed by atoms with Gasteiger partial charge in [-0.25, -0.2) is 27.2 Å². The van der Waals surface area contributed by atoms with Crippen LogP contribution in [0.4, 0.5) is 46.8 Å². The smallest absolute Gasteiger partial charge is 0.362 e. The number of carbonyl (C=O) groups excluding carboxylic acids is 1. The van der Waals surface area contributed by atoms with Crippen LogP contribution in [0.1, 0.15) is 48.8 Å². The standard InChI is InChI=1S/C39H35ClF8N10O5S/c1-19-15-55(16-29(63-19)39(46,47)48)30-8-5-24-34(50-30)51-36(27(13-20-11-22(41)14-23(42)12-20)49-31(59)17-56-10-9-26(52-56)21-3-4-21)58(37(24)60)28-7-6-25(40)32-33(28)57(18-38(43,44)45)53-35(32)54-64(2,61)62/h5-12,14,19,21,27,29H,3-4,13,15-18H2,1-2H3,(H,49,59)(H,53,54)/t19-,27+,29-/m1/s1. The Morgan fingerprint density at radius 1 is 0.984 bits per heavy atom. The number of benzene rings is 2. The minimum absolute atomic E-state index is 0.0650. The normalized spacial score (nSPS) is 17.9. The molecule has 8 rings (SSSR count). The molecule has 6 aromatic rings. The van der Waals surface area contributed by atoms with E-state index in [0.717, 1.165) is 53.6 Å². The molecule has 1 saturated heterocycles. The van der Waals surface area contributed by atoms with E-state index in [2.05, 4.69) is 25.5 Å². The van der Waals surface area contributed by atoms with Gasteiger partial charge in [0.05, 0.1) is 57.6 Å². The van der Waals surface area contributed by atoms with Crippen molar-refractivity contribution in [1.82, 2.24) is 39.4 Å². The van der Waals surface area contributed by atoms with Crippen molar-refractivity contribution in [2.45, 2.75) is 75.8 Å². The SMILES string of the molecule is C[C@@H]1CN(c2ccc3c(=O)n(-c4ccc(Cl)c5c(NS(C)(=O)=O)nn(CC(F)(F)F)c45)c([C@H](Cc4cc(F)cc(F)c4)NC(=O)Cn4ccc(C5CC5)n4)nc3n2)C[C@H](C(F)(F)F)O1. The number of alkyl halides is 6. The largest absolute Gasteiger partial charge is 0.416 e. The van der Waals surface area contributed by atoms with Crippen LogP contribution in [0.3, 0.4) is 0 Å². The number of amides is 1. The first-order valence-corrected chi connectivity index (χ1v) is 21.7. The lowest BCUT2D eigenvalue weighted by atomic mass is 10.0. The van der Waals surface area contributed by atoms with Gasteiger partial charge in [-0.1, -0.05) is 11.6 Å². The summed E-state index contributed by atoms with van der Waals surface area (Å²) in [6.45, 7) is -1.58. The van der Waals surface area contributed by atoms with Gasteiger partial charge in [-0.05, 0) is 67.8 Å². The van der Waals surface area contributed by atoms with Crippen molar-refractivity contribution in [2.24, 2.45) is 0 Å². The molecule has 0 unspecified atom stereocenters. The third-order valence-corrected chi connectivity index (χ3v) is 11.2. The molecule has 340 valence electrons. The number of nitrogens with zero attached hydrogens (tertiary/aromatic N) is 8. The molecule has 2 aromatic carbocycles. The topological polar surface area (TPSA) is 171 Å². The lowest BCUT2D eigenvalue weighted by Crippen LogP contribution is -2.52. The molecule has 2 aliphatic rings. The first kappa shape index (κ1) is 44.7. The van der Waals surface area contributed by atoms with Crippen LogP contribution in [0.25, 0.3) is 27.6 Å². The minimum Gasteiger partial charge on any atom is -0.362 e. The lowest BCUT2D eigenvalue weighted by Gasteiger charge is -2.38. The fourth-order valence-electron chi connectivity index (χ4n) is 7.63. The van der Waals surface area contributed by atoms with Crippen molar-refractivity contribution in [2.75, 3.05) is 29.0 Å². The van der Waals surface area contributed by atoms with Gasteiger partial charge in [0.25, 0.3) is 5.56 Å². The second-order valence-corrected chi connectivity index (χ2v) is 17.8. The van der Waals surface area contributed by atoms with Crippen LogP contribution in [0.5, 0.6) is 0 Å². The van der Waals surface area contributed by atoms with Gasteiger partial charge in [-0.3, -0.25) is 28.2 Å². The molecule has 2 N–H and O–H groups in total. The molecule has 1 aliphatic carbocycles. The third kappa shape index (κ3) is 9.77. The van der Waals surface area contributed by atoms with Crippen molar-refractivity contribution >= 4 is 61.1 Å². The molecular weight excluding hydrogens is 908 g/mol. The molecule has 0 radical (unpaired) electrons. The molecule has 0 bridgehead atoms. The summed E-state index contributed by atoms with van der Waals surface area (Å²) >= 11 is 6.52. The Bertz CT molecular complexity index is 2950. The molecule has 1 amide bonds. The number of anilines is 2. The molecule has 1 saturated carbocycles. The highest BCUT2D eigenvalue weighted by Gasteiger charge is 2.45.